The minimum Gasteiger partial charge on any atom is -0.497 e. The molecule has 0 saturated heterocycles. The lowest BCUT2D eigenvalue weighted by Gasteiger charge is -2.25. The molecule has 0 radical (unpaired) electrons. The van der Waals surface area contributed by atoms with E-state index in [0.717, 1.165) is 35.1 Å². The molecule has 1 fully saturated rings. The molecule has 0 atom stereocenters. The summed E-state index contributed by atoms with van der Waals surface area (Å²) in [6, 6.07) is 14.9. The standard InChI is InChI=1S/C24H24ClN5O2S/c1-32-20-11-8-16(9-12-20)23-28-29-24(30(23)19-5-3-2-4-6-19)33-15-22(31)27-21-13-18(25)10-7-17(21)14-26/h7-13,19H,2-6,15H2,1H3,(H,27,31). The van der Waals surface area contributed by atoms with Crippen molar-refractivity contribution in [3.05, 3.63) is 53.1 Å². The van der Waals surface area contributed by atoms with Gasteiger partial charge in [-0.2, -0.15) is 5.26 Å². The molecule has 0 spiro atoms. The van der Waals surface area contributed by atoms with Crippen molar-refractivity contribution in [3.63, 3.8) is 0 Å². The Balaban J connectivity index is 1.54. The molecular formula is C24H24ClN5O2S. The predicted octanol–water partition coefficient (Wildman–Crippen LogP) is 5.71. The van der Waals surface area contributed by atoms with Crippen LogP contribution < -0.4 is 10.1 Å². The number of ether oxygens (including phenoxy) is 1. The summed E-state index contributed by atoms with van der Waals surface area (Å²) in [7, 11) is 1.64. The molecule has 7 nitrogen and oxygen atoms in total. The Morgan fingerprint density at radius 2 is 1.97 bits per heavy atom. The second-order valence-electron chi connectivity index (χ2n) is 7.84. The van der Waals surface area contributed by atoms with Crippen LogP contribution in [0.1, 0.15) is 43.7 Å². The van der Waals surface area contributed by atoms with Crippen molar-refractivity contribution in [2.24, 2.45) is 0 Å². The maximum absolute atomic E-state index is 12.6. The number of thioether (sulfide) groups is 1. The maximum atomic E-state index is 12.6. The molecule has 1 amide bonds. The fourth-order valence-corrected chi connectivity index (χ4v) is 4.99. The van der Waals surface area contributed by atoms with E-state index in [1.165, 1.54) is 31.0 Å². The fraction of sp³-hybridized carbons (Fsp3) is 0.333. The molecular weight excluding hydrogens is 458 g/mol. The molecule has 0 aliphatic heterocycles. The van der Waals surface area contributed by atoms with Gasteiger partial charge in [0, 0.05) is 16.6 Å². The van der Waals surface area contributed by atoms with Gasteiger partial charge in [0.05, 0.1) is 24.1 Å². The Bertz CT molecular complexity index is 1170. The molecule has 4 rings (SSSR count). The average molecular weight is 482 g/mol. The zero-order chi connectivity index (χ0) is 23.2. The first-order valence-corrected chi connectivity index (χ1v) is 12.2. The first-order valence-electron chi connectivity index (χ1n) is 10.8. The van der Waals surface area contributed by atoms with E-state index in [0.29, 0.717) is 22.3 Å². The maximum Gasteiger partial charge on any atom is 0.234 e. The largest absolute Gasteiger partial charge is 0.497 e. The number of aromatic nitrogens is 3. The van der Waals surface area contributed by atoms with Crippen molar-refractivity contribution in [3.8, 4) is 23.2 Å². The van der Waals surface area contributed by atoms with E-state index in [2.05, 4.69) is 26.2 Å². The van der Waals surface area contributed by atoms with Crippen molar-refractivity contribution in [1.82, 2.24) is 14.8 Å². The smallest absolute Gasteiger partial charge is 0.234 e. The van der Waals surface area contributed by atoms with Gasteiger partial charge in [-0.05, 0) is 55.3 Å². The van der Waals surface area contributed by atoms with Crippen molar-refractivity contribution >= 4 is 35.0 Å². The van der Waals surface area contributed by atoms with Crippen LogP contribution in [0.5, 0.6) is 5.75 Å². The first-order chi connectivity index (χ1) is 16.1. The van der Waals surface area contributed by atoms with Crippen molar-refractivity contribution in [1.29, 1.82) is 5.26 Å². The third-order valence-corrected chi connectivity index (χ3v) is 6.84. The van der Waals surface area contributed by atoms with Crippen LogP contribution in [0.2, 0.25) is 5.02 Å². The highest BCUT2D eigenvalue weighted by molar-refractivity contribution is 7.99. The highest BCUT2D eigenvalue weighted by Crippen LogP contribution is 2.36. The van der Waals surface area contributed by atoms with Gasteiger partial charge in [-0.3, -0.25) is 9.36 Å². The number of anilines is 1. The van der Waals surface area contributed by atoms with Gasteiger partial charge in [0.25, 0.3) is 0 Å². The summed E-state index contributed by atoms with van der Waals surface area (Å²) < 4.78 is 7.45. The molecule has 0 unspecified atom stereocenters. The molecule has 1 aromatic heterocycles. The number of nitriles is 1. The van der Waals surface area contributed by atoms with Gasteiger partial charge < -0.3 is 10.1 Å². The Morgan fingerprint density at radius 1 is 1.21 bits per heavy atom. The van der Waals surface area contributed by atoms with E-state index in [9.17, 15) is 10.1 Å². The zero-order valence-corrected chi connectivity index (χ0v) is 19.8. The van der Waals surface area contributed by atoms with Crippen LogP contribution in [0.15, 0.2) is 47.6 Å². The molecule has 2 aromatic carbocycles. The Labute approximate surface area is 202 Å². The van der Waals surface area contributed by atoms with E-state index >= 15 is 0 Å². The number of hydrogen-bond donors (Lipinski definition) is 1. The first kappa shape index (κ1) is 23.1. The van der Waals surface area contributed by atoms with Gasteiger partial charge in [0.15, 0.2) is 11.0 Å². The summed E-state index contributed by atoms with van der Waals surface area (Å²) in [6.07, 6.45) is 5.70. The number of benzene rings is 2. The van der Waals surface area contributed by atoms with Crippen LogP contribution in [0.4, 0.5) is 5.69 Å². The third kappa shape index (κ3) is 5.49. The topological polar surface area (TPSA) is 92.8 Å². The number of halogens is 1. The zero-order valence-electron chi connectivity index (χ0n) is 18.3. The number of carbonyl (C=O) groups is 1. The Kier molecular flexibility index (Phi) is 7.53. The van der Waals surface area contributed by atoms with Crippen LogP contribution in [0, 0.1) is 11.3 Å². The predicted molar refractivity (Wildman–Crippen MR) is 130 cm³/mol. The second-order valence-corrected chi connectivity index (χ2v) is 9.21. The van der Waals surface area contributed by atoms with Gasteiger partial charge in [0.1, 0.15) is 11.8 Å². The minimum atomic E-state index is -0.233. The van der Waals surface area contributed by atoms with Gasteiger partial charge in [-0.1, -0.05) is 42.6 Å². The number of amides is 1. The SMILES string of the molecule is COc1ccc(-c2nnc(SCC(=O)Nc3cc(Cl)ccc3C#N)n2C2CCCCC2)cc1. The van der Waals surface area contributed by atoms with Crippen LogP contribution in [0.25, 0.3) is 11.4 Å². The Morgan fingerprint density at radius 3 is 2.67 bits per heavy atom. The number of nitrogens with one attached hydrogen (secondary N) is 1. The summed E-state index contributed by atoms with van der Waals surface area (Å²) in [5, 5.41) is 22.1. The Hall–Kier alpha value is -3.02. The van der Waals surface area contributed by atoms with Crippen LogP contribution >= 0.6 is 23.4 Å². The van der Waals surface area contributed by atoms with Crippen LogP contribution in [-0.4, -0.2) is 33.5 Å². The van der Waals surface area contributed by atoms with Crippen molar-refractivity contribution < 1.29 is 9.53 Å². The summed E-state index contributed by atoms with van der Waals surface area (Å²) >= 11 is 7.37. The monoisotopic (exact) mass is 481 g/mol. The number of hydrogen-bond acceptors (Lipinski definition) is 6. The number of nitrogens with zero attached hydrogens (tertiary/aromatic N) is 4. The molecule has 1 aliphatic rings. The van der Waals surface area contributed by atoms with Crippen molar-refractivity contribution in [2.75, 3.05) is 18.2 Å². The molecule has 170 valence electrons. The lowest BCUT2D eigenvalue weighted by atomic mass is 9.95. The van der Waals surface area contributed by atoms with Crippen LogP contribution in [-0.2, 0) is 4.79 Å². The summed E-state index contributed by atoms with van der Waals surface area (Å²) in [4.78, 5) is 12.6. The molecule has 9 heteroatoms. The summed E-state index contributed by atoms with van der Waals surface area (Å²) in [6.45, 7) is 0. The number of rotatable bonds is 7. The lowest BCUT2D eigenvalue weighted by molar-refractivity contribution is -0.113. The highest BCUT2D eigenvalue weighted by atomic mass is 35.5. The van der Waals surface area contributed by atoms with E-state index in [1.54, 1.807) is 25.3 Å². The molecule has 33 heavy (non-hydrogen) atoms. The number of carbonyl (C=O) groups excluding carboxylic acids is 1. The van der Waals surface area contributed by atoms with Crippen LogP contribution in [0.3, 0.4) is 0 Å². The van der Waals surface area contributed by atoms with Gasteiger partial charge in [-0.15, -0.1) is 10.2 Å². The van der Waals surface area contributed by atoms with E-state index in [1.807, 2.05) is 24.3 Å². The van der Waals surface area contributed by atoms with E-state index < -0.39 is 0 Å². The summed E-state index contributed by atoms with van der Waals surface area (Å²) in [5.41, 5.74) is 1.73. The number of methoxy groups -OCH3 is 1. The van der Waals surface area contributed by atoms with Gasteiger partial charge >= 0.3 is 0 Å². The molecule has 0 bridgehead atoms. The highest BCUT2D eigenvalue weighted by Gasteiger charge is 2.24. The molecule has 1 aliphatic carbocycles. The normalized spacial score (nSPS) is 14.0. The molecule has 3 aromatic rings. The van der Waals surface area contributed by atoms with Gasteiger partial charge in [-0.25, -0.2) is 0 Å². The summed E-state index contributed by atoms with van der Waals surface area (Å²) in [5.74, 6) is 1.49. The lowest BCUT2D eigenvalue weighted by Crippen LogP contribution is -2.17. The third-order valence-electron chi connectivity index (χ3n) is 5.66. The fourth-order valence-electron chi connectivity index (χ4n) is 4.01. The van der Waals surface area contributed by atoms with E-state index in [-0.39, 0.29) is 11.7 Å². The molecule has 1 saturated carbocycles. The van der Waals surface area contributed by atoms with Crippen molar-refractivity contribution in [2.45, 2.75) is 43.3 Å². The van der Waals surface area contributed by atoms with E-state index in [4.69, 9.17) is 16.3 Å². The average Bonchev–Trinajstić information content (AvgIpc) is 3.27. The van der Waals surface area contributed by atoms with Gasteiger partial charge in [0.2, 0.25) is 5.91 Å². The quantitative estimate of drug-likeness (QED) is 0.434. The molecule has 1 N–H and O–H groups in total. The minimum absolute atomic E-state index is 0.144. The second kappa shape index (κ2) is 10.7. The molecule has 1 heterocycles.